The van der Waals surface area contributed by atoms with E-state index in [1.54, 1.807) is 30.8 Å². The molecule has 1 unspecified atom stereocenters. The molecule has 2 aromatic heterocycles. The molecule has 0 spiro atoms. The van der Waals surface area contributed by atoms with Gasteiger partial charge in [0.05, 0.1) is 24.4 Å². The first-order valence-corrected chi connectivity index (χ1v) is 9.75. The summed E-state index contributed by atoms with van der Waals surface area (Å²) < 4.78 is 13.4. The lowest BCUT2D eigenvalue weighted by atomic mass is 10.1. The molecular weight excluding hydrogens is 362 g/mol. The van der Waals surface area contributed by atoms with E-state index in [0.717, 1.165) is 17.9 Å². The molecule has 3 heterocycles. The highest BCUT2D eigenvalue weighted by Gasteiger charge is 2.28. The first-order valence-electron chi connectivity index (χ1n) is 8.81. The zero-order chi connectivity index (χ0) is 18.8. The van der Waals surface area contributed by atoms with Crippen molar-refractivity contribution in [2.24, 2.45) is 0 Å². The number of amides is 1. The van der Waals surface area contributed by atoms with Gasteiger partial charge in [-0.1, -0.05) is 0 Å². The number of hydrogen-bond donors (Lipinski definition) is 0. The van der Waals surface area contributed by atoms with Crippen LogP contribution in [0.5, 0.6) is 11.5 Å². The van der Waals surface area contributed by atoms with Crippen molar-refractivity contribution in [3.8, 4) is 11.5 Å². The van der Waals surface area contributed by atoms with Crippen molar-refractivity contribution in [1.82, 2.24) is 14.5 Å². The Kier molecular flexibility index (Phi) is 4.85. The fraction of sp³-hybridized carbons (Fsp3) is 0.300. The van der Waals surface area contributed by atoms with Crippen LogP contribution in [0.15, 0.2) is 47.4 Å². The average Bonchev–Trinajstić information content (AvgIpc) is 3.38. The molecule has 0 bridgehead atoms. The first kappa shape index (κ1) is 17.6. The fourth-order valence-electron chi connectivity index (χ4n) is 3.40. The summed E-state index contributed by atoms with van der Waals surface area (Å²) in [6.07, 6.45) is 2.06. The Bertz CT molecular complexity index is 936. The topological polar surface area (TPSA) is 56.6 Å². The normalized spacial score (nSPS) is 16.1. The van der Waals surface area contributed by atoms with Crippen LogP contribution in [0.1, 0.15) is 34.7 Å². The fourth-order valence-corrected chi connectivity index (χ4v) is 3.95. The molecular formula is C20H21N3O3S. The van der Waals surface area contributed by atoms with E-state index in [2.05, 4.69) is 28.7 Å². The maximum Gasteiger partial charge on any atom is 0.254 e. The summed E-state index contributed by atoms with van der Waals surface area (Å²) >= 11 is 1.53. The number of aromatic nitrogens is 2. The van der Waals surface area contributed by atoms with E-state index in [1.807, 2.05) is 16.3 Å². The monoisotopic (exact) mass is 383 g/mol. The highest BCUT2D eigenvalue weighted by atomic mass is 32.1. The Balaban J connectivity index is 1.52. The third-order valence-corrected chi connectivity index (χ3v) is 5.51. The van der Waals surface area contributed by atoms with Gasteiger partial charge in [0.25, 0.3) is 5.91 Å². The minimum atomic E-state index is -0.000647. The predicted octanol–water partition coefficient (Wildman–Crippen LogP) is 3.75. The number of methoxy groups -OCH3 is 1. The van der Waals surface area contributed by atoms with Gasteiger partial charge in [0, 0.05) is 35.9 Å². The molecule has 1 aliphatic heterocycles. The molecule has 4 rings (SSSR count). The van der Waals surface area contributed by atoms with Crippen LogP contribution in [0.25, 0.3) is 0 Å². The SMILES string of the molecule is COc1cc(C(=O)N2CCn3cccc3C2C)ccc1OCc1cscn1. The highest BCUT2D eigenvalue weighted by Crippen LogP contribution is 2.32. The smallest absolute Gasteiger partial charge is 0.254 e. The first-order chi connectivity index (χ1) is 13.2. The molecule has 1 amide bonds. The summed E-state index contributed by atoms with van der Waals surface area (Å²) in [4.78, 5) is 19.2. The van der Waals surface area contributed by atoms with Gasteiger partial charge in [0.2, 0.25) is 0 Å². The third kappa shape index (κ3) is 3.42. The molecule has 0 saturated heterocycles. The Morgan fingerprint density at radius 1 is 1.30 bits per heavy atom. The van der Waals surface area contributed by atoms with Crippen LogP contribution in [0.4, 0.5) is 0 Å². The molecule has 1 aliphatic rings. The summed E-state index contributed by atoms with van der Waals surface area (Å²) in [5.74, 6) is 1.14. The Morgan fingerprint density at radius 2 is 2.19 bits per heavy atom. The Labute approximate surface area is 162 Å². The number of nitrogens with zero attached hydrogens (tertiary/aromatic N) is 3. The maximum absolute atomic E-state index is 13.1. The van der Waals surface area contributed by atoms with Gasteiger partial charge in [0.1, 0.15) is 6.61 Å². The summed E-state index contributed by atoms with van der Waals surface area (Å²) in [7, 11) is 1.58. The number of hydrogen-bond acceptors (Lipinski definition) is 5. The second-order valence-electron chi connectivity index (χ2n) is 6.44. The lowest BCUT2D eigenvalue weighted by Gasteiger charge is -2.35. The zero-order valence-electron chi connectivity index (χ0n) is 15.3. The summed E-state index contributed by atoms with van der Waals surface area (Å²) in [6.45, 7) is 3.93. The lowest BCUT2D eigenvalue weighted by molar-refractivity contribution is 0.0643. The van der Waals surface area contributed by atoms with Gasteiger partial charge in [-0.15, -0.1) is 11.3 Å². The molecule has 0 radical (unpaired) electrons. The average molecular weight is 383 g/mol. The largest absolute Gasteiger partial charge is 0.493 e. The van der Waals surface area contributed by atoms with Crippen molar-refractivity contribution >= 4 is 17.2 Å². The number of rotatable bonds is 5. The minimum absolute atomic E-state index is 0.000647. The van der Waals surface area contributed by atoms with Crippen LogP contribution in [-0.4, -0.2) is 34.0 Å². The summed E-state index contributed by atoms with van der Waals surface area (Å²) in [5.41, 5.74) is 4.39. The van der Waals surface area contributed by atoms with Gasteiger partial charge in [0.15, 0.2) is 11.5 Å². The Hall–Kier alpha value is -2.80. The van der Waals surface area contributed by atoms with Gasteiger partial charge in [-0.2, -0.15) is 0 Å². The molecule has 7 heteroatoms. The second kappa shape index (κ2) is 7.44. The van der Waals surface area contributed by atoms with Gasteiger partial charge in [-0.3, -0.25) is 4.79 Å². The minimum Gasteiger partial charge on any atom is -0.493 e. The molecule has 0 saturated carbocycles. The second-order valence-corrected chi connectivity index (χ2v) is 7.15. The van der Waals surface area contributed by atoms with Crippen LogP contribution in [0.3, 0.4) is 0 Å². The number of ether oxygens (including phenoxy) is 2. The quantitative estimate of drug-likeness (QED) is 0.673. The summed E-state index contributed by atoms with van der Waals surface area (Å²) in [5, 5.41) is 1.94. The summed E-state index contributed by atoms with van der Waals surface area (Å²) in [6, 6.07) is 9.46. The molecule has 0 aliphatic carbocycles. The van der Waals surface area contributed by atoms with Crippen molar-refractivity contribution in [2.45, 2.75) is 26.1 Å². The standard InChI is InChI=1S/C20H21N3O3S/c1-14-17-4-3-7-22(17)8-9-23(14)20(24)15-5-6-18(19(10-15)25-2)26-11-16-12-27-13-21-16/h3-7,10,12-14H,8-9,11H2,1-2H3. The van der Waals surface area contributed by atoms with E-state index in [-0.39, 0.29) is 11.9 Å². The van der Waals surface area contributed by atoms with Crippen molar-refractivity contribution in [3.05, 3.63) is 64.4 Å². The lowest BCUT2D eigenvalue weighted by Crippen LogP contribution is -2.40. The van der Waals surface area contributed by atoms with Crippen LogP contribution < -0.4 is 9.47 Å². The van der Waals surface area contributed by atoms with Crippen LogP contribution in [-0.2, 0) is 13.2 Å². The zero-order valence-corrected chi connectivity index (χ0v) is 16.1. The molecule has 0 fully saturated rings. The van der Waals surface area contributed by atoms with E-state index in [4.69, 9.17) is 9.47 Å². The molecule has 6 nitrogen and oxygen atoms in total. The van der Waals surface area contributed by atoms with Gasteiger partial charge < -0.3 is 18.9 Å². The van der Waals surface area contributed by atoms with Gasteiger partial charge in [-0.05, 0) is 37.3 Å². The molecule has 1 aromatic carbocycles. The third-order valence-electron chi connectivity index (χ3n) is 4.87. The molecule has 140 valence electrons. The number of carbonyl (C=O) groups excluding carboxylic acids is 1. The highest BCUT2D eigenvalue weighted by molar-refractivity contribution is 7.07. The van der Waals surface area contributed by atoms with Gasteiger partial charge >= 0.3 is 0 Å². The number of carbonyl (C=O) groups is 1. The molecule has 0 N–H and O–H groups in total. The van der Waals surface area contributed by atoms with E-state index < -0.39 is 0 Å². The van der Waals surface area contributed by atoms with Crippen molar-refractivity contribution < 1.29 is 14.3 Å². The van der Waals surface area contributed by atoms with Gasteiger partial charge in [-0.25, -0.2) is 4.98 Å². The van der Waals surface area contributed by atoms with Crippen molar-refractivity contribution in [3.63, 3.8) is 0 Å². The Morgan fingerprint density at radius 3 is 2.96 bits per heavy atom. The van der Waals surface area contributed by atoms with E-state index in [9.17, 15) is 4.79 Å². The molecule has 3 aromatic rings. The maximum atomic E-state index is 13.1. The van der Waals surface area contributed by atoms with Crippen molar-refractivity contribution in [2.75, 3.05) is 13.7 Å². The number of thiazole rings is 1. The van der Waals surface area contributed by atoms with Crippen LogP contribution >= 0.6 is 11.3 Å². The predicted molar refractivity (Wildman–Crippen MR) is 103 cm³/mol. The molecule has 27 heavy (non-hydrogen) atoms. The van der Waals surface area contributed by atoms with E-state index >= 15 is 0 Å². The van der Waals surface area contributed by atoms with E-state index in [0.29, 0.717) is 30.2 Å². The van der Waals surface area contributed by atoms with E-state index in [1.165, 1.54) is 11.3 Å². The number of fused-ring (bicyclic) bond motifs is 1. The molecule has 1 atom stereocenters. The number of benzene rings is 1. The van der Waals surface area contributed by atoms with Crippen LogP contribution in [0.2, 0.25) is 0 Å². The van der Waals surface area contributed by atoms with Crippen LogP contribution in [0, 0.1) is 0 Å². The van der Waals surface area contributed by atoms with Crippen molar-refractivity contribution in [1.29, 1.82) is 0 Å².